The second-order valence-corrected chi connectivity index (χ2v) is 5.23. The first-order valence-electron chi connectivity index (χ1n) is 6.44. The highest BCUT2D eigenvalue weighted by atomic mass is 127. The molecule has 0 amide bonds. The Kier molecular flexibility index (Phi) is 5.85. The maximum atomic E-state index is 11.2. The number of carbonyl (C=O) groups is 1. The molecule has 0 spiro atoms. The average molecular weight is 388 g/mol. The van der Waals surface area contributed by atoms with E-state index >= 15 is 0 Å². The molecular formula is C15H17IO4. The second-order valence-electron chi connectivity index (χ2n) is 4.51. The number of carbonyl (C=O) groups excluding carboxylic acids is 1. The van der Waals surface area contributed by atoms with Crippen molar-refractivity contribution in [3.05, 3.63) is 40.0 Å². The lowest BCUT2D eigenvalue weighted by molar-refractivity contribution is -0.145. The molecule has 1 saturated heterocycles. The van der Waals surface area contributed by atoms with Crippen LogP contribution >= 0.6 is 22.6 Å². The van der Waals surface area contributed by atoms with Crippen molar-refractivity contribution in [1.82, 2.24) is 0 Å². The van der Waals surface area contributed by atoms with Crippen LogP contribution in [0.2, 0.25) is 0 Å². The van der Waals surface area contributed by atoms with Crippen LogP contribution in [0.15, 0.2) is 34.4 Å². The van der Waals surface area contributed by atoms with Gasteiger partial charge in [-0.3, -0.25) is 4.79 Å². The van der Waals surface area contributed by atoms with Crippen LogP contribution in [0.5, 0.6) is 5.75 Å². The lowest BCUT2D eigenvalue weighted by Crippen LogP contribution is -2.26. The Balaban J connectivity index is 1.92. The number of rotatable bonds is 6. The molecule has 2 atom stereocenters. The summed E-state index contributed by atoms with van der Waals surface area (Å²) in [5, 5.41) is 0. The van der Waals surface area contributed by atoms with Crippen molar-refractivity contribution in [2.45, 2.75) is 31.7 Å². The summed E-state index contributed by atoms with van der Waals surface area (Å²) in [5.41, 5.74) is 1.06. The lowest BCUT2D eigenvalue weighted by atomic mass is 10.1. The van der Waals surface area contributed by atoms with Gasteiger partial charge in [-0.15, -0.1) is 0 Å². The van der Waals surface area contributed by atoms with E-state index in [0.29, 0.717) is 19.4 Å². The standard InChI is InChI=1S/C15H17IO4/c1-18-12-4-2-11(3-5-12)10-19-13(8-9-16)14-6-7-15(17)20-14/h2-5,8-9,13-14H,6-7,10H2,1H3/b9-8-/t13-,14-/m1/s1. The van der Waals surface area contributed by atoms with Gasteiger partial charge in [0.1, 0.15) is 18.0 Å². The summed E-state index contributed by atoms with van der Waals surface area (Å²) in [6.07, 6.45) is 2.75. The summed E-state index contributed by atoms with van der Waals surface area (Å²) >= 11 is 2.14. The van der Waals surface area contributed by atoms with Gasteiger partial charge in [0.25, 0.3) is 0 Å². The Morgan fingerprint density at radius 2 is 2.20 bits per heavy atom. The van der Waals surface area contributed by atoms with Crippen molar-refractivity contribution in [2.75, 3.05) is 7.11 Å². The minimum atomic E-state index is -0.194. The second kappa shape index (κ2) is 7.64. The van der Waals surface area contributed by atoms with Crippen molar-refractivity contribution < 1.29 is 19.0 Å². The third kappa shape index (κ3) is 4.21. The topological polar surface area (TPSA) is 44.8 Å². The molecule has 2 rings (SSSR count). The smallest absolute Gasteiger partial charge is 0.306 e. The molecule has 1 fully saturated rings. The van der Waals surface area contributed by atoms with Crippen molar-refractivity contribution in [3.63, 3.8) is 0 Å². The first-order chi connectivity index (χ1) is 9.72. The summed E-state index contributed by atoms with van der Waals surface area (Å²) in [4.78, 5) is 11.2. The van der Waals surface area contributed by atoms with Crippen LogP contribution in [0.1, 0.15) is 18.4 Å². The highest BCUT2D eigenvalue weighted by Crippen LogP contribution is 2.22. The largest absolute Gasteiger partial charge is 0.497 e. The van der Waals surface area contributed by atoms with E-state index in [4.69, 9.17) is 14.2 Å². The summed E-state index contributed by atoms with van der Waals surface area (Å²) in [6.45, 7) is 0.476. The van der Waals surface area contributed by atoms with Gasteiger partial charge in [0.2, 0.25) is 0 Å². The molecule has 0 aliphatic carbocycles. The average Bonchev–Trinajstić information content (AvgIpc) is 2.90. The number of hydrogen-bond acceptors (Lipinski definition) is 4. The van der Waals surface area contributed by atoms with Crippen LogP contribution in [-0.2, 0) is 20.9 Å². The van der Waals surface area contributed by atoms with Crippen molar-refractivity contribution in [2.24, 2.45) is 0 Å². The fraction of sp³-hybridized carbons (Fsp3) is 0.400. The quantitative estimate of drug-likeness (QED) is 0.555. The number of hydrogen-bond donors (Lipinski definition) is 0. The molecular weight excluding hydrogens is 371 g/mol. The molecule has 20 heavy (non-hydrogen) atoms. The Hall–Kier alpha value is -1.08. The Bertz CT molecular complexity index is 469. The molecule has 0 radical (unpaired) electrons. The summed E-state index contributed by atoms with van der Waals surface area (Å²) in [7, 11) is 1.64. The molecule has 4 nitrogen and oxygen atoms in total. The fourth-order valence-corrected chi connectivity index (χ4v) is 2.46. The minimum absolute atomic E-state index is 0.144. The number of esters is 1. The normalized spacial score (nSPS) is 20.1. The van der Waals surface area contributed by atoms with Gasteiger partial charge >= 0.3 is 5.97 Å². The number of cyclic esters (lactones) is 1. The molecule has 108 valence electrons. The van der Waals surface area contributed by atoms with Gasteiger partial charge in [-0.05, 0) is 34.3 Å². The van der Waals surface area contributed by atoms with Crippen LogP contribution in [-0.4, -0.2) is 25.3 Å². The lowest BCUT2D eigenvalue weighted by Gasteiger charge is -2.19. The number of halogens is 1. The van der Waals surface area contributed by atoms with Gasteiger partial charge in [0.15, 0.2) is 0 Å². The van der Waals surface area contributed by atoms with Gasteiger partial charge in [0.05, 0.1) is 13.7 Å². The molecule has 0 saturated carbocycles. The zero-order valence-electron chi connectivity index (χ0n) is 11.3. The van der Waals surface area contributed by atoms with E-state index in [9.17, 15) is 4.79 Å². The predicted molar refractivity (Wildman–Crippen MR) is 83.8 cm³/mol. The maximum absolute atomic E-state index is 11.2. The number of ether oxygens (including phenoxy) is 3. The molecule has 1 aliphatic rings. The molecule has 0 bridgehead atoms. The van der Waals surface area contributed by atoms with E-state index in [1.54, 1.807) is 7.11 Å². The van der Waals surface area contributed by atoms with Crippen LogP contribution in [0.25, 0.3) is 0 Å². The van der Waals surface area contributed by atoms with E-state index in [2.05, 4.69) is 22.6 Å². The summed E-state index contributed by atoms with van der Waals surface area (Å²) in [6, 6.07) is 7.73. The van der Waals surface area contributed by atoms with Gasteiger partial charge in [-0.2, -0.15) is 0 Å². The van der Waals surface area contributed by atoms with Crippen LogP contribution in [0, 0.1) is 0 Å². The molecule has 0 unspecified atom stereocenters. The predicted octanol–water partition coefficient (Wildman–Crippen LogP) is 3.23. The van der Waals surface area contributed by atoms with Crippen molar-refractivity contribution in [3.8, 4) is 5.75 Å². The highest BCUT2D eigenvalue weighted by molar-refractivity contribution is 14.1. The van der Waals surface area contributed by atoms with Gasteiger partial charge in [-0.25, -0.2) is 0 Å². The van der Waals surface area contributed by atoms with Crippen molar-refractivity contribution in [1.29, 1.82) is 0 Å². The summed E-state index contributed by atoms with van der Waals surface area (Å²) < 4.78 is 18.1. The first kappa shape index (κ1) is 15.3. The van der Waals surface area contributed by atoms with Crippen LogP contribution in [0.3, 0.4) is 0 Å². The van der Waals surface area contributed by atoms with E-state index < -0.39 is 0 Å². The van der Waals surface area contributed by atoms with Gasteiger partial charge in [-0.1, -0.05) is 34.7 Å². The third-order valence-corrected chi connectivity index (χ3v) is 3.56. The monoisotopic (exact) mass is 388 g/mol. The Morgan fingerprint density at radius 3 is 2.75 bits per heavy atom. The van der Waals surface area contributed by atoms with Crippen LogP contribution in [0.4, 0.5) is 0 Å². The Labute approximate surface area is 132 Å². The zero-order valence-corrected chi connectivity index (χ0v) is 13.4. The van der Waals surface area contributed by atoms with Gasteiger partial charge in [0, 0.05) is 6.42 Å². The zero-order chi connectivity index (χ0) is 14.4. The Morgan fingerprint density at radius 1 is 1.45 bits per heavy atom. The molecule has 1 aliphatic heterocycles. The molecule has 1 aromatic rings. The molecule has 1 heterocycles. The van der Waals surface area contributed by atoms with E-state index in [1.807, 2.05) is 34.4 Å². The minimum Gasteiger partial charge on any atom is -0.497 e. The SMILES string of the molecule is COc1ccc(CO[C@H](/C=C\I)[C@H]2CCC(=O)O2)cc1. The molecule has 0 N–H and O–H groups in total. The van der Waals surface area contributed by atoms with Crippen molar-refractivity contribution >= 4 is 28.6 Å². The number of benzene rings is 1. The number of methoxy groups -OCH3 is 1. The maximum Gasteiger partial charge on any atom is 0.306 e. The van der Waals surface area contributed by atoms with E-state index in [-0.39, 0.29) is 18.2 Å². The third-order valence-electron chi connectivity index (χ3n) is 3.15. The highest BCUT2D eigenvalue weighted by Gasteiger charge is 2.30. The summed E-state index contributed by atoms with van der Waals surface area (Å²) in [5.74, 6) is 0.678. The van der Waals surface area contributed by atoms with E-state index in [1.165, 1.54) is 0 Å². The molecule has 0 aromatic heterocycles. The fourth-order valence-electron chi connectivity index (χ4n) is 2.05. The molecule has 5 heteroatoms. The van der Waals surface area contributed by atoms with E-state index in [0.717, 1.165) is 11.3 Å². The first-order valence-corrected chi connectivity index (χ1v) is 7.68. The van der Waals surface area contributed by atoms with Crippen LogP contribution < -0.4 is 4.74 Å². The van der Waals surface area contributed by atoms with Gasteiger partial charge < -0.3 is 14.2 Å². The molecule has 1 aromatic carbocycles.